The highest BCUT2D eigenvalue weighted by molar-refractivity contribution is 6.87. The van der Waals surface area contributed by atoms with E-state index >= 15 is 0 Å². The lowest BCUT2D eigenvalue weighted by molar-refractivity contribution is -0.165. The molecule has 0 aliphatic carbocycles. The van der Waals surface area contributed by atoms with Gasteiger partial charge in [-0.3, -0.25) is 4.79 Å². The van der Waals surface area contributed by atoms with E-state index in [2.05, 4.69) is 26.6 Å². The lowest BCUT2D eigenvalue weighted by Gasteiger charge is -2.11. The van der Waals surface area contributed by atoms with Crippen LogP contribution in [0.4, 0.5) is 13.2 Å². The van der Waals surface area contributed by atoms with E-state index in [0.717, 1.165) is 37.1 Å². The predicted octanol–water partition coefficient (Wildman–Crippen LogP) is 7.65. The van der Waals surface area contributed by atoms with Crippen molar-refractivity contribution in [1.82, 2.24) is 0 Å². The molecule has 1 rings (SSSR count). The molecule has 2 nitrogen and oxygen atoms in total. The highest BCUT2D eigenvalue weighted by atomic mass is 28.3. The minimum Gasteiger partial charge on any atom is -0.474 e. The number of carbonyl (C=O) groups excluding carboxylic acids is 1. The summed E-state index contributed by atoms with van der Waals surface area (Å²) in [5.41, 5.74) is 1.04. The summed E-state index contributed by atoms with van der Waals surface area (Å²) < 4.78 is 43.8. The van der Waals surface area contributed by atoms with Crippen molar-refractivity contribution < 1.29 is 22.4 Å². The van der Waals surface area contributed by atoms with Crippen molar-refractivity contribution in [2.75, 3.05) is 0 Å². The number of unbranched alkanes of at least 4 members (excludes halogenated alkanes) is 9. The largest absolute Gasteiger partial charge is 0.474 e. The second kappa shape index (κ2) is 12.4. The van der Waals surface area contributed by atoms with Crippen LogP contribution in [0.25, 0.3) is 5.57 Å². The molecule has 1 aromatic heterocycles. The van der Waals surface area contributed by atoms with Crippen molar-refractivity contribution in [1.29, 1.82) is 0 Å². The molecule has 0 aliphatic rings. The van der Waals surface area contributed by atoms with Gasteiger partial charge >= 0.3 is 6.18 Å². The molecule has 166 valence electrons. The van der Waals surface area contributed by atoms with Crippen molar-refractivity contribution >= 4 is 24.8 Å². The van der Waals surface area contributed by atoms with Crippen LogP contribution in [0, 0.1) is 0 Å². The number of hydrogen-bond donors (Lipinski definition) is 0. The maximum absolute atomic E-state index is 12.7. The van der Waals surface area contributed by atoms with Crippen LogP contribution in [-0.2, 0) is 4.79 Å². The van der Waals surface area contributed by atoms with E-state index < -0.39 is 20.0 Å². The van der Waals surface area contributed by atoms with Crippen molar-refractivity contribution in [3.63, 3.8) is 0 Å². The smallest absolute Gasteiger partial charge is 0.454 e. The standard InChI is InChI=1S/C23H37F3O2Si/c1-5-6-7-8-9-10-11-12-13-14-15-19(16-21(27)23(24,25)26)20-17-22(28-18-20)29(2,3)4/h16-18H,5-15H2,1-4H3/b19-16+. The molecule has 0 N–H and O–H groups in total. The zero-order valence-electron chi connectivity index (χ0n) is 18.5. The quantitative estimate of drug-likeness (QED) is 0.172. The molecule has 0 bridgehead atoms. The first-order valence-electron chi connectivity index (χ1n) is 11.0. The normalized spacial score (nSPS) is 13.1. The Balaban J connectivity index is 2.58. The maximum Gasteiger partial charge on any atom is 0.454 e. The SMILES string of the molecule is CCCCCCCCCCCC/C(=C\C(=O)C(F)(F)F)c1coc([Si](C)(C)C)c1. The highest BCUT2D eigenvalue weighted by Crippen LogP contribution is 2.26. The van der Waals surface area contributed by atoms with E-state index in [-0.39, 0.29) is 0 Å². The van der Waals surface area contributed by atoms with Gasteiger partial charge in [-0.1, -0.05) is 84.4 Å². The fourth-order valence-corrected chi connectivity index (χ4v) is 4.24. The Morgan fingerprint density at radius 2 is 1.48 bits per heavy atom. The molecule has 0 unspecified atom stereocenters. The number of carbonyl (C=O) groups is 1. The second-order valence-corrected chi connectivity index (χ2v) is 13.9. The lowest BCUT2D eigenvalue weighted by atomic mass is 9.99. The maximum atomic E-state index is 12.7. The first-order chi connectivity index (χ1) is 13.6. The molecule has 6 heteroatoms. The van der Waals surface area contributed by atoms with Gasteiger partial charge < -0.3 is 4.42 Å². The Bertz CT molecular complexity index is 639. The summed E-state index contributed by atoms with van der Waals surface area (Å²) in [6, 6.07) is 1.82. The Morgan fingerprint density at radius 1 is 0.966 bits per heavy atom. The van der Waals surface area contributed by atoms with E-state index in [9.17, 15) is 18.0 Å². The Labute approximate surface area is 175 Å². The molecule has 0 radical (unpaired) electrons. The van der Waals surface area contributed by atoms with Gasteiger partial charge in [-0.2, -0.15) is 13.2 Å². The molecular weight excluding hydrogens is 393 g/mol. The molecule has 1 aromatic rings. The van der Waals surface area contributed by atoms with Crippen LogP contribution in [0.15, 0.2) is 22.8 Å². The predicted molar refractivity (Wildman–Crippen MR) is 117 cm³/mol. The third kappa shape index (κ3) is 10.3. The van der Waals surface area contributed by atoms with Gasteiger partial charge in [0.2, 0.25) is 0 Å². The number of furan rings is 1. The third-order valence-corrected chi connectivity index (χ3v) is 6.83. The molecule has 0 spiro atoms. The lowest BCUT2D eigenvalue weighted by Crippen LogP contribution is -2.36. The first kappa shape index (κ1) is 25.7. The molecule has 0 fully saturated rings. The van der Waals surface area contributed by atoms with Crippen LogP contribution >= 0.6 is 0 Å². The van der Waals surface area contributed by atoms with Gasteiger partial charge in [0, 0.05) is 5.56 Å². The van der Waals surface area contributed by atoms with E-state index in [1.165, 1.54) is 44.8 Å². The minimum atomic E-state index is -4.84. The van der Waals surface area contributed by atoms with Crippen LogP contribution in [0.1, 0.15) is 83.1 Å². The van der Waals surface area contributed by atoms with Gasteiger partial charge in [0.15, 0.2) is 0 Å². The summed E-state index contributed by atoms with van der Waals surface area (Å²) in [5.74, 6) is -1.80. The van der Waals surface area contributed by atoms with Gasteiger partial charge in [-0.15, -0.1) is 0 Å². The highest BCUT2D eigenvalue weighted by Gasteiger charge is 2.37. The molecule has 0 atom stereocenters. The van der Waals surface area contributed by atoms with Crippen LogP contribution in [-0.4, -0.2) is 20.0 Å². The summed E-state index contributed by atoms with van der Waals surface area (Å²) in [6.07, 6.45) is 9.51. The molecule has 0 aliphatic heterocycles. The van der Waals surface area contributed by atoms with Crippen molar-refractivity contribution in [2.24, 2.45) is 0 Å². The summed E-state index contributed by atoms with van der Waals surface area (Å²) in [5, 5.41) is 0.834. The Morgan fingerprint density at radius 3 is 1.93 bits per heavy atom. The number of alkyl halides is 3. The zero-order chi connectivity index (χ0) is 21.9. The number of hydrogen-bond acceptors (Lipinski definition) is 2. The minimum absolute atomic E-state index is 0.431. The average Bonchev–Trinajstić information content (AvgIpc) is 3.11. The summed E-state index contributed by atoms with van der Waals surface area (Å²) in [4.78, 5) is 11.5. The fourth-order valence-electron chi connectivity index (χ4n) is 3.24. The average molecular weight is 431 g/mol. The van der Waals surface area contributed by atoms with E-state index in [0.29, 0.717) is 17.6 Å². The first-order valence-corrected chi connectivity index (χ1v) is 14.5. The molecule has 0 saturated carbocycles. The molecule has 1 heterocycles. The van der Waals surface area contributed by atoms with Crippen LogP contribution in [0.2, 0.25) is 19.6 Å². The molecule has 0 saturated heterocycles. The van der Waals surface area contributed by atoms with Gasteiger partial charge in [0.25, 0.3) is 5.78 Å². The second-order valence-electron chi connectivity index (χ2n) is 8.91. The van der Waals surface area contributed by atoms with Gasteiger partial charge in [-0.25, -0.2) is 0 Å². The van der Waals surface area contributed by atoms with Crippen molar-refractivity contribution in [3.05, 3.63) is 24.0 Å². The van der Waals surface area contributed by atoms with Crippen molar-refractivity contribution in [3.8, 4) is 0 Å². The topological polar surface area (TPSA) is 30.2 Å². The fraction of sp³-hybridized carbons (Fsp3) is 0.696. The zero-order valence-corrected chi connectivity index (χ0v) is 19.5. The number of ketones is 1. The number of halogens is 3. The van der Waals surface area contributed by atoms with Crippen LogP contribution in [0.5, 0.6) is 0 Å². The van der Waals surface area contributed by atoms with E-state index in [1.807, 2.05) is 6.07 Å². The van der Waals surface area contributed by atoms with Gasteiger partial charge in [0.05, 0.1) is 11.6 Å². The Hall–Kier alpha value is -1.30. The molecule has 29 heavy (non-hydrogen) atoms. The molecular formula is C23H37F3O2Si. The van der Waals surface area contributed by atoms with Crippen LogP contribution < -0.4 is 5.38 Å². The monoisotopic (exact) mass is 430 g/mol. The van der Waals surface area contributed by atoms with Crippen LogP contribution in [0.3, 0.4) is 0 Å². The van der Waals surface area contributed by atoms with E-state index in [4.69, 9.17) is 4.42 Å². The van der Waals surface area contributed by atoms with Gasteiger partial charge in [-0.05, 0) is 30.6 Å². The third-order valence-electron chi connectivity index (χ3n) is 5.09. The summed E-state index contributed by atoms with van der Waals surface area (Å²) >= 11 is 0. The molecule has 0 aromatic carbocycles. The van der Waals surface area contributed by atoms with E-state index in [1.54, 1.807) is 0 Å². The summed E-state index contributed by atoms with van der Waals surface area (Å²) in [7, 11) is -1.70. The summed E-state index contributed by atoms with van der Waals surface area (Å²) in [6.45, 7) is 8.55. The number of allylic oxidation sites excluding steroid dienone is 2. The molecule has 0 amide bonds. The number of rotatable bonds is 14. The Kier molecular flexibility index (Phi) is 11.0. The van der Waals surface area contributed by atoms with Gasteiger partial charge in [0.1, 0.15) is 8.07 Å². The van der Waals surface area contributed by atoms with Crippen molar-refractivity contribution in [2.45, 2.75) is 103 Å².